The highest BCUT2D eigenvalue weighted by atomic mass is 16.5. The Hall–Kier alpha value is -3.32. The third-order valence-electron chi connectivity index (χ3n) is 8.01. The van der Waals surface area contributed by atoms with Crippen molar-refractivity contribution in [3.05, 3.63) is 65.4 Å². The molecule has 2 atom stereocenters. The van der Waals surface area contributed by atoms with Crippen molar-refractivity contribution in [2.75, 3.05) is 33.3 Å². The summed E-state index contributed by atoms with van der Waals surface area (Å²) >= 11 is 0. The monoisotopic (exact) mass is 488 g/mol. The number of methoxy groups -OCH3 is 1. The Balaban J connectivity index is 1.54. The van der Waals surface area contributed by atoms with Gasteiger partial charge in [0.05, 0.1) is 13.2 Å². The van der Waals surface area contributed by atoms with E-state index in [9.17, 15) is 9.59 Å². The third kappa shape index (κ3) is 3.95. The highest BCUT2D eigenvalue weighted by Crippen LogP contribution is 2.47. The van der Waals surface area contributed by atoms with E-state index in [0.29, 0.717) is 19.4 Å². The number of imide groups is 1. The number of aromatic nitrogens is 1. The molecular weight excluding hydrogens is 452 g/mol. The lowest BCUT2D eigenvalue weighted by Crippen LogP contribution is -2.53. The molecule has 3 heterocycles. The number of hydrogen-bond acceptors (Lipinski definition) is 4. The van der Waals surface area contributed by atoms with Crippen LogP contribution in [0.4, 0.5) is 4.79 Å². The van der Waals surface area contributed by atoms with Gasteiger partial charge in [0.1, 0.15) is 11.3 Å². The summed E-state index contributed by atoms with van der Waals surface area (Å²) in [6.07, 6.45) is 1.90. The van der Waals surface area contributed by atoms with E-state index in [2.05, 4.69) is 35.9 Å². The van der Waals surface area contributed by atoms with E-state index in [0.717, 1.165) is 59.5 Å². The van der Waals surface area contributed by atoms with Crippen LogP contribution in [-0.4, -0.2) is 70.4 Å². The van der Waals surface area contributed by atoms with Gasteiger partial charge in [-0.15, -0.1) is 0 Å². The van der Waals surface area contributed by atoms with Crippen LogP contribution >= 0.6 is 0 Å². The maximum absolute atomic E-state index is 13.9. The number of urea groups is 1. The fourth-order valence-electron chi connectivity index (χ4n) is 6.00. The molecule has 0 aliphatic carbocycles. The number of carbonyl (C=O) groups excluding carboxylic acids is 2. The molecule has 0 saturated carbocycles. The van der Waals surface area contributed by atoms with Crippen LogP contribution in [0.3, 0.4) is 0 Å². The number of nitrogens with zero attached hydrogens (tertiary/aromatic N) is 3. The summed E-state index contributed by atoms with van der Waals surface area (Å²) in [5.74, 6) is 0.691. The van der Waals surface area contributed by atoms with E-state index in [1.54, 1.807) is 7.11 Å². The van der Waals surface area contributed by atoms with Crippen LogP contribution in [-0.2, 0) is 17.6 Å². The summed E-state index contributed by atoms with van der Waals surface area (Å²) in [6.45, 7) is 9.46. The van der Waals surface area contributed by atoms with Gasteiger partial charge in [0.15, 0.2) is 0 Å². The molecule has 0 spiro atoms. The molecule has 1 fully saturated rings. The van der Waals surface area contributed by atoms with Crippen molar-refractivity contribution >= 4 is 22.8 Å². The van der Waals surface area contributed by atoms with Crippen LogP contribution in [0.2, 0.25) is 0 Å². The summed E-state index contributed by atoms with van der Waals surface area (Å²) in [5, 5.41) is 1.06. The Kier molecular flexibility index (Phi) is 6.51. The smallest absolute Gasteiger partial charge is 0.328 e. The quantitative estimate of drug-likeness (QED) is 0.441. The van der Waals surface area contributed by atoms with Crippen molar-refractivity contribution in [2.45, 2.75) is 51.6 Å². The maximum atomic E-state index is 13.9. The molecule has 0 radical (unpaired) electrons. The van der Waals surface area contributed by atoms with Crippen molar-refractivity contribution < 1.29 is 14.3 Å². The van der Waals surface area contributed by atoms with E-state index < -0.39 is 5.54 Å². The number of benzene rings is 2. The number of ether oxygens (including phenoxy) is 1. The number of nitrogens with one attached hydrogen (secondary N) is 1. The largest absolute Gasteiger partial charge is 0.497 e. The molecular formula is C29H36N4O3. The van der Waals surface area contributed by atoms with Gasteiger partial charge in [0.2, 0.25) is 0 Å². The van der Waals surface area contributed by atoms with Crippen LogP contribution in [0.15, 0.2) is 48.5 Å². The van der Waals surface area contributed by atoms with Gasteiger partial charge in [0.25, 0.3) is 5.91 Å². The zero-order valence-corrected chi connectivity index (χ0v) is 21.7. The fraction of sp³-hybridized carbons (Fsp3) is 0.448. The lowest BCUT2D eigenvalue weighted by atomic mass is 9.81. The average Bonchev–Trinajstić information content (AvgIpc) is 3.34. The van der Waals surface area contributed by atoms with Crippen molar-refractivity contribution in [3.8, 4) is 5.75 Å². The Morgan fingerprint density at radius 3 is 2.56 bits per heavy atom. The van der Waals surface area contributed by atoms with Crippen molar-refractivity contribution in [1.29, 1.82) is 0 Å². The van der Waals surface area contributed by atoms with Crippen LogP contribution in [0.5, 0.6) is 5.75 Å². The van der Waals surface area contributed by atoms with Crippen LogP contribution in [0.25, 0.3) is 10.9 Å². The summed E-state index contributed by atoms with van der Waals surface area (Å²) in [4.78, 5) is 37.0. The number of H-pyrrole nitrogens is 1. The number of aromatic amines is 1. The molecule has 1 unspecified atom stereocenters. The van der Waals surface area contributed by atoms with Crippen LogP contribution in [0.1, 0.15) is 50.1 Å². The summed E-state index contributed by atoms with van der Waals surface area (Å²) in [6, 6.07) is 15.8. The molecule has 1 saturated heterocycles. The average molecular weight is 489 g/mol. The molecule has 3 amide bonds. The molecule has 190 valence electrons. The third-order valence-corrected chi connectivity index (χ3v) is 8.01. The van der Waals surface area contributed by atoms with E-state index in [4.69, 9.17) is 4.74 Å². The van der Waals surface area contributed by atoms with E-state index >= 15 is 0 Å². The van der Waals surface area contributed by atoms with Crippen molar-refractivity contribution in [1.82, 2.24) is 19.7 Å². The molecule has 0 bridgehead atoms. The van der Waals surface area contributed by atoms with Crippen molar-refractivity contribution in [2.24, 2.45) is 0 Å². The fourth-order valence-corrected chi connectivity index (χ4v) is 6.00. The highest BCUT2D eigenvalue weighted by molar-refractivity contribution is 6.08. The van der Waals surface area contributed by atoms with E-state index in [1.807, 2.05) is 48.2 Å². The lowest BCUT2D eigenvalue weighted by Gasteiger charge is -2.42. The highest BCUT2D eigenvalue weighted by Gasteiger charge is 2.59. The Bertz CT molecular complexity index is 1270. The van der Waals surface area contributed by atoms with Gasteiger partial charge in [-0.25, -0.2) is 4.79 Å². The predicted molar refractivity (Wildman–Crippen MR) is 141 cm³/mol. The first kappa shape index (κ1) is 24.4. The molecule has 7 nitrogen and oxygen atoms in total. The maximum Gasteiger partial charge on any atom is 0.328 e. The van der Waals surface area contributed by atoms with Gasteiger partial charge in [-0.3, -0.25) is 9.69 Å². The molecule has 2 aromatic carbocycles. The van der Waals surface area contributed by atoms with Gasteiger partial charge in [-0.2, -0.15) is 0 Å². The topological polar surface area (TPSA) is 68.9 Å². The molecule has 2 aliphatic heterocycles. The standard InChI is InChI=1S/C29H36N4O3/c1-5-31(6-2)15-10-16-32-27(34)29(3)19-23-22-18-21(36-4)13-14-24(22)30-26(23)25(33(29)28(32)35)17-20-11-8-7-9-12-20/h7-9,11-14,18,25,30H,5-6,10,15-17,19H2,1-4H3/t25?,29-/m0/s1. The first-order valence-corrected chi connectivity index (χ1v) is 13.0. The first-order chi connectivity index (χ1) is 17.4. The predicted octanol–water partition coefficient (Wildman–Crippen LogP) is 4.77. The van der Waals surface area contributed by atoms with E-state index in [1.165, 1.54) is 4.90 Å². The minimum Gasteiger partial charge on any atom is -0.497 e. The summed E-state index contributed by atoms with van der Waals surface area (Å²) < 4.78 is 5.50. The number of rotatable bonds is 9. The number of hydrogen-bond donors (Lipinski definition) is 1. The number of amides is 3. The van der Waals surface area contributed by atoms with E-state index in [-0.39, 0.29) is 18.0 Å². The Morgan fingerprint density at radius 2 is 1.86 bits per heavy atom. The first-order valence-electron chi connectivity index (χ1n) is 13.0. The summed E-state index contributed by atoms with van der Waals surface area (Å²) in [5.41, 5.74) is 3.34. The second-order valence-electron chi connectivity index (χ2n) is 10.1. The minimum atomic E-state index is -0.920. The zero-order chi connectivity index (χ0) is 25.4. The van der Waals surface area contributed by atoms with Gasteiger partial charge >= 0.3 is 6.03 Å². The molecule has 2 aliphatic rings. The van der Waals surface area contributed by atoms with Crippen LogP contribution in [0, 0.1) is 0 Å². The normalized spacial score (nSPS) is 21.4. The number of fused-ring (bicyclic) bond motifs is 4. The lowest BCUT2D eigenvalue weighted by molar-refractivity contribution is -0.133. The minimum absolute atomic E-state index is 0.0898. The molecule has 3 aromatic rings. The number of carbonyl (C=O) groups is 2. The molecule has 36 heavy (non-hydrogen) atoms. The van der Waals surface area contributed by atoms with Crippen LogP contribution < -0.4 is 4.74 Å². The molecule has 1 N–H and O–H groups in total. The van der Waals surface area contributed by atoms with Gasteiger partial charge in [-0.1, -0.05) is 44.2 Å². The van der Waals surface area contributed by atoms with Gasteiger partial charge in [-0.05, 0) is 68.7 Å². The van der Waals surface area contributed by atoms with Gasteiger partial charge < -0.3 is 19.5 Å². The SMILES string of the molecule is CCN(CC)CCCN1C(=O)N2C(Cc3ccccc3)c3[nH]c4ccc(OC)cc4c3C[C@@]2(C)C1=O. The Morgan fingerprint density at radius 1 is 1.11 bits per heavy atom. The van der Waals surface area contributed by atoms with Gasteiger partial charge in [0, 0.05) is 29.6 Å². The second-order valence-corrected chi connectivity index (χ2v) is 10.1. The molecule has 5 rings (SSSR count). The molecule has 1 aromatic heterocycles. The summed E-state index contributed by atoms with van der Waals surface area (Å²) in [7, 11) is 1.66. The molecule has 7 heteroatoms. The van der Waals surface area contributed by atoms with Crippen molar-refractivity contribution in [3.63, 3.8) is 0 Å². The Labute approximate surface area is 213 Å². The zero-order valence-electron chi connectivity index (χ0n) is 21.7. The second kappa shape index (κ2) is 9.62.